The molecule has 0 saturated carbocycles. The van der Waals surface area contributed by atoms with Crippen molar-refractivity contribution in [2.24, 2.45) is 0 Å². The van der Waals surface area contributed by atoms with Gasteiger partial charge < -0.3 is 50.4 Å². The number of ether oxygens (including phenoxy) is 4. The SMILES string of the molecule is CC(C)(C)OC(=O)CCCCCCCCCCCCCCCCC(=O)N[C@@H](CCCN[C@@H](CCC(=O)N[C@@H](CCC(=O)N[C@@H](CCC(=O)O)C(=O)O)C(=O)OC(C)(C)C)C(=O)OC(C)(C)C)C(=O)OC(C)(C)C. The van der Waals surface area contributed by atoms with Crippen molar-refractivity contribution < 1.29 is 72.3 Å². The van der Waals surface area contributed by atoms with Crippen LogP contribution in [0.4, 0.5) is 0 Å². The summed E-state index contributed by atoms with van der Waals surface area (Å²) in [6, 6.07) is -4.72. The van der Waals surface area contributed by atoms with Crippen molar-refractivity contribution in [3.05, 3.63) is 0 Å². The second-order valence-electron chi connectivity index (χ2n) is 23.0. The minimum atomic E-state index is -1.47. The maximum Gasteiger partial charge on any atom is 0.329 e. The molecule has 0 aliphatic carbocycles. The summed E-state index contributed by atoms with van der Waals surface area (Å²) in [4.78, 5) is 113. The highest BCUT2D eigenvalue weighted by molar-refractivity contribution is 5.87. The predicted octanol–water partition coefficient (Wildman–Crippen LogP) is 8.30. The third-order valence-electron chi connectivity index (χ3n) is 10.9. The number of carbonyl (C=O) groups excluding carboxylic acids is 7. The number of aliphatic carboxylic acids is 2. The van der Waals surface area contributed by atoms with Gasteiger partial charge in [-0.15, -0.1) is 0 Å². The van der Waals surface area contributed by atoms with E-state index in [4.69, 9.17) is 24.1 Å². The molecular formula is C54H96N4O15. The van der Waals surface area contributed by atoms with E-state index in [-0.39, 0.29) is 56.9 Å². The molecule has 0 aliphatic heterocycles. The Balaban J connectivity index is 5.18. The van der Waals surface area contributed by atoms with Crippen LogP contribution in [0.1, 0.15) is 237 Å². The van der Waals surface area contributed by atoms with E-state index >= 15 is 0 Å². The van der Waals surface area contributed by atoms with E-state index < -0.39 is 101 Å². The maximum absolute atomic E-state index is 13.4. The van der Waals surface area contributed by atoms with Crippen LogP contribution in [0.2, 0.25) is 0 Å². The molecule has 0 bridgehead atoms. The Morgan fingerprint density at radius 2 is 0.671 bits per heavy atom. The summed E-state index contributed by atoms with van der Waals surface area (Å²) in [6.45, 7) is 21.0. The van der Waals surface area contributed by atoms with Crippen molar-refractivity contribution in [3.8, 4) is 0 Å². The highest BCUT2D eigenvalue weighted by Gasteiger charge is 2.31. The quantitative estimate of drug-likeness (QED) is 0.0193. The van der Waals surface area contributed by atoms with Gasteiger partial charge in [0.2, 0.25) is 17.7 Å². The van der Waals surface area contributed by atoms with Crippen molar-refractivity contribution >= 4 is 53.5 Å². The molecule has 19 nitrogen and oxygen atoms in total. The van der Waals surface area contributed by atoms with Gasteiger partial charge in [-0.1, -0.05) is 77.0 Å². The molecule has 19 heteroatoms. The smallest absolute Gasteiger partial charge is 0.329 e. The lowest BCUT2D eigenvalue weighted by atomic mass is 10.0. The van der Waals surface area contributed by atoms with Gasteiger partial charge in [0, 0.05) is 32.1 Å². The summed E-state index contributed by atoms with van der Waals surface area (Å²) in [5.41, 5.74) is -3.05. The Morgan fingerprint density at radius 3 is 1.05 bits per heavy atom. The molecule has 0 unspecified atom stereocenters. The van der Waals surface area contributed by atoms with Gasteiger partial charge in [-0.05, 0) is 135 Å². The van der Waals surface area contributed by atoms with Gasteiger partial charge in [0.1, 0.15) is 46.6 Å². The van der Waals surface area contributed by atoms with Crippen LogP contribution in [0, 0.1) is 0 Å². The van der Waals surface area contributed by atoms with Crippen LogP contribution < -0.4 is 21.3 Å². The lowest BCUT2D eigenvalue weighted by Gasteiger charge is -2.26. The lowest BCUT2D eigenvalue weighted by Crippen LogP contribution is -2.47. The van der Waals surface area contributed by atoms with Gasteiger partial charge in [-0.25, -0.2) is 14.4 Å². The predicted molar refractivity (Wildman–Crippen MR) is 277 cm³/mol. The number of amides is 3. The number of carboxylic acid groups (broad SMARTS) is 2. The monoisotopic (exact) mass is 1040 g/mol. The zero-order valence-electron chi connectivity index (χ0n) is 46.7. The third kappa shape index (κ3) is 40.3. The molecule has 0 aromatic heterocycles. The van der Waals surface area contributed by atoms with Crippen molar-refractivity contribution in [2.75, 3.05) is 6.54 Å². The van der Waals surface area contributed by atoms with E-state index in [0.717, 1.165) is 44.9 Å². The molecule has 0 heterocycles. The van der Waals surface area contributed by atoms with Crippen molar-refractivity contribution in [1.29, 1.82) is 0 Å². The minimum absolute atomic E-state index is 0.0692. The van der Waals surface area contributed by atoms with Gasteiger partial charge in [0.15, 0.2) is 0 Å². The molecule has 6 N–H and O–H groups in total. The summed E-state index contributed by atoms with van der Waals surface area (Å²) in [5.74, 6) is -6.52. The Labute approximate surface area is 436 Å². The normalized spacial score (nSPS) is 13.6. The molecule has 3 amide bonds. The molecular weight excluding hydrogens is 945 g/mol. The van der Waals surface area contributed by atoms with E-state index in [1.54, 1.807) is 62.3 Å². The number of esters is 4. The molecule has 0 fully saturated rings. The third-order valence-corrected chi connectivity index (χ3v) is 10.9. The number of carboxylic acids is 2. The largest absolute Gasteiger partial charge is 0.481 e. The lowest BCUT2D eigenvalue weighted by molar-refractivity contribution is -0.160. The molecule has 0 aromatic carbocycles. The molecule has 0 radical (unpaired) electrons. The maximum atomic E-state index is 13.4. The second-order valence-corrected chi connectivity index (χ2v) is 23.0. The summed E-state index contributed by atoms with van der Waals surface area (Å²) >= 11 is 0. The zero-order chi connectivity index (χ0) is 55.8. The van der Waals surface area contributed by atoms with E-state index in [1.165, 1.54) is 38.5 Å². The summed E-state index contributed by atoms with van der Waals surface area (Å²) in [7, 11) is 0. The van der Waals surface area contributed by atoms with Crippen molar-refractivity contribution in [1.82, 2.24) is 21.3 Å². The minimum Gasteiger partial charge on any atom is -0.481 e. The summed E-state index contributed by atoms with van der Waals surface area (Å²) in [6.07, 6.45) is 14.6. The summed E-state index contributed by atoms with van der Waals surface area (Å²) in [5, 5.41) is 29.1. The topological polar surface area (TPSA) is 279 Å². The number of nitrogens with one attached hydrogen (secondary N) is 4. The molecule has 4 atom stereocenters. The van der Waals surface area contributed by atoms with Gasteiger partial charge >= 0.3 is 35.8 Å². The van der Waals surface area contributed by atoms with Gasteiger partial charge in [-0.3, -0.25) is 28.8 Å². The standard InChI is InChI=1S/C54H96N4O15/c1-51(2,3)70-46(64)30-26-24-22-20-18-16-14-13-15-17-19-21-23-25-29-42(59)57-40(49(68)72-53(7,8)9)28-27-37-55-39(48(67)71-52(4,5)6)31-34-44(61)58-41(50(69)73-54(10,11)12)32-35-43(60)56-38(47(65)66)33-36-45(62)63/h38-41,55H,13-37H2,1-12H3,(H,56,60)(H,57,59)(H,58,61)(H,62,63)(H,65,66)/t38-,39-,40-,41-/m0/s1. The van der Waals surface area contributed by atoms with E-state index in [1.807, 2.05) is 20.8 Å². The van der Waals surface area contributed by atoms with Crippen molar-refractivity contribution in [3.63, 3.8) is 0 Å². The Hall–Kier alpha value is -4.81. The highest BCUT2D eigenvalue weighted by atomic mass is 16.6. The fourth-order valence-electron chi connectivity index (χ4n) is 7.45. The first-order valence-corrected chi connectivity index (χ1v) is 26.7. The first kappa shape index (κ1) is 68.2. The molecule has 0 rings (SSSR count). The van der Waals surface area contributed by atoms with Gasteiger partial charge in [-0.2, -0.15) is 0 Å². The zero-order valence-corrected chi connectivity index (χ0v) is 46.7. The van der Waals surface area contributed by atoms with Crippen molar-refractivity contribution in [2.45, 2.75) is 284 Å². The number of carbonyl (C=O) groups is 9. The summed E-state index contributed by atoms with van der Waals surface area (Å²) < 4.78 is 22.1. The Morgan fingerprint density at radius 1 is 0.356 bits per heavy atom. The molecule has 0 aromatic rings. The van der Waals surface area contributed by atoms with Gasteiger partial charge in [0.05, 0.1) is 0 Å². The molecule has 0 saturated heterocycles. The molecule has 73 heavy (non-hydrogen) atoms. The average Bonchev–Trinajstić information content (AvgIpc) is 3.22. The fraction of sp³-hybridized carbons (Fsp3) is 0.833. The average molecular weight is 1040 g/mol. The van der Waals surface area contributed by atoms with E-state index in [2.05, 4.69) is 21.3 Å². The highest BCUT2D eigenvalue weighted by Crippen LogP contribution is 2.18. The first-order chi connectivity index (χ1) is 33.8. The number of unbranched alkanes of at least 4 members (excludes halogenated alkanes) is 13. The van der Waals surface area contributed by atoms with Gasteiger partial charge in [0.25, 0.3) is 0 Å². The van der Waals surface area contributed by atoms with E-state index in [0.29, 0.717) is 19.3 Å². The number of hydrogen-bond donors (Lipinski definition) is 6. The van der Waals surface area contributed by atoms with Crippen LogP contribution in [-0.4, -0.2) is 117 Å². The number of rotatable bonds is 38. The van der Waals surface area contributed by atoms with E-state index in [9.17, 15) is 48.3 Å². The van der Waals surface area contributed by atoms with Crippen LogP contribution in [0.5, 0.6) is 0 Å². The Kier molecular flexibility index (Phi) is 33.1. The molecule has 0 spiro atoms. The second kappa shape index (κ2) is 35.4. The Bertz CT molecular complexity index is 1710. The molecule has 422 valence electrons. The van der Waals surface area contributed by atoms with Crippen LogP contribution in [-0.2, 0) is 62.1 Å². The number of hydrogen-bond acceptors (Lipinski definition) is 14. The van der Waals surface area contributed by atoms with Crippen LogP contribution >= 0.6 is 0 Å². The van der Waals surface area contributed by atoms with Crippen LogP contribution in [0.3, 0.4) is 0 Å². The van der Waals surface area contributed by atoms with Crippen LogP contribution in [0.15, 0.2) is 0 Å². The van der Waals surface area contributed by atoms with Crippen LogP contribution in [0.25, 0.3) is 0 Å². The molecule has 0 aliphatic rings. The first-order valence-electron chi connectivity index (χ1n) is 26.7. The fourth-order valence-corrected chi connectivity index (χ4v) is 7.45.